The lowest BCUT2D eigenvalue weighted by atomic mass is 10.1. The number of ether oxygens (including phenoxy) is 2. The van der Waals surface area contributed by atoms with E-state index in [1.165, 1.54) is 0 Å². The lowest BCUT2D eigenvalue weighted by Crippen LogP contribution is -2.03. The van der Waals surface area contributed by atoms with Gasteiger partial charge in [0.05, 0.1) is 13.2 Å². The summed E-state index contributed by atoms with van der Waals surface area (Å²) in [4.78, 5) is 0. The summed E-state index contributed by atoms with van der Waals surface area (Å²) in [6.07, 6.45) is 0. The quantitative estimate of drug-likeness (QED) is 0.775. The second kappa shape index (κ2) is 4.91. The van der Waals surface area contributed by atoms with Crippen LogP contribution in [-0.4, -0.2) is 13.2 Å². The van der Waals surface area contributed by atoms with Crippen molar-refractivity contribution in [1.29, 1.82) is 0 Å². The molecule has 0 bridgehead atoms. The van der Waals surface area contributed by atoms with Crippen molar-refractivity contribution in [3.8, 4) is 11.5 Å². The van der Waals surface area contributed by atoms with E-state index in [2.05, 4.69) is 0 Å². The number of nitrogen functional groups attached to an aromatic ring is 1. The van der Waals surface area contributed by atoms with Gasteiger partial charge in [-0.05, 0) is 27.7 Å². The number of nitrogens with two attached hydrogens (primary N) is 1. The second-order valence-corrected chi connectivity index (χ2v) is 3.41. The molecule has 1 rings (SSSR count). The molecule has 0 radical (unpaired) electrons. The van der Waals surface area contributed by atoms with Crippen LogP contribution in [0.1, 0.15) is 25.0 Å². The number of benzene rings is 1. The predicted octanol–water partition coefficient (Wildman–Crippen LogP) is 2.68. The Morgan fingerprint density at radius 2 is 1.67 bits per heavy atom. The van der Waals surface area contributed by atoms with E-state index < -0.39 is 0 Å². The van der Waals surface area contributed by atoms with Crippen LogP contribution in [0, 0.1) is 13.8 Å². The fraction of sp³-hybridized carbons (Fsp3) is 0.500. The van der Waals surface area contributed by atoms with Crippen molar-refractivity contribution in [3.63, 3.8) is 0 Å². The number of hydrogen-bond donors (Lipinski definition) is 1. The molecule has 0 fully saturated rings. The van der Waals surface area contributed by atoms with Gasteiger partial charge in [0.2, 0.25) is 0 Å². The van der Waals surface area contributed by atoms with Crippen LogP contribution in [0.2, 0.25) is 0 Å². The molecule has 0 aliphatic rings. The Morgan fingerprint density at radius 1 is 1.07 bits per heavy atom. The molecule has 0 unspecified atom stereocenters. The van der Waals surface area contributed by atoms with Gasteiger partial charge in [-0.2, -0.15) is 0 Å². The van der Waals surface area contributed by atoms with Crippen molar-refractivity contribution in [2.24, 2.45) is 0 Å². The number of rotatable bonds is 4. The highest BCUT2D eigenvalue weighted by atomic mass is 16.5. The smallest absolute Gasteiger partial charge is 0.130 e. The van der Waals surface area contributed by atoms with E-state index in [0.29, 0.717) is 18.9 Å². The molecule has 1 aromatic carbocycles. The van der Waals surface area contributed by atoms with Crippen molar-refractivity contribution in [3.05, 3.63) is 17.2 Å². The van der Waals surface area contributed by atoms with Crippen molar-refractivity contribution in [2.75, 3.05) is 18.9 Å². The van der Waals surface area contributed by atoms with Gasteiger partial charge in [0.15, 0.2) is 0 Å². The molecule has 0 aromatic heterocycles. The molecule has 0 amide bonds. The highest BCUT2D eigenvalue weighted by Crippen LogP contribution is 2.35. The molecule has 0 saturated heterocycles. The molecule has 0 saturated carbocycles. The van der Waals surface area contributed by atoms with Crippen LogP contribution in [0.5, 0.6) is 11.5 Å². The van der Waals surface area contributed by atoms with Gasteiger partial charge < -0.3 is 15.2 Å². The van der Waals surface area contributed by atoms with Crippen molar-refractivity contribution >= 4 is 5.69 Å². The van der Waals surface area contributed by atoms with E-state index in [-0.39, 0.29) is 0 Å². The molecule has 0 aliphatic carbocycles. The highest BCUT2D eigenvalue weighted by molar-refractivity contribution is 5.62. The summed E-state index contributed by atoms with van der Waals surface area (Å²) in [5, 5.41) is 0. The van der Waals surface area contributed by atoms with E-state index in [4.69, 9.17) is 15.2 Å². The van der Waals surface area contributed by atoms with Gasteiger partial charge in [-0.3, -0.25) is 0 Å². The lowest BCUT2D eigenvalue weighted by molar-refractivity contribution is 0.317. The first-order chi connectivity index (χ1) is 7.11. The van der Waals surface area contributed by atoms with Gasteiger partial charge in [-0.25, -0.2) is 0 Å². The fourth-order valence-electron chi connectivity index (χ4n) is 1.55. The molecule has 1 aromatic rings. The average molecular weight is 209 g/mol. The maximum absolute atomic E-state index is 5.89. The average Bonchev–Trinajstić information content (AvgIpc) is 2.21. The van der Waals surface area contributed by atoms with Gasteiger partial charge in [0, 0.05) is 22.9 Å². The van der Waals surface area contributed by atoms with Crippen molar-refractivity contribution in [2.45, 2.75) is 27.7 Å². The van der Waals surface area contributed by atoms with E-state index in [9.17, 15) is 0 Å². The molecule has 0 heterocycles. The lowest BCUT2D eigenvalue weighted by Gasteiger charge is -2.16. The van der Waals surface area contributed by atoms with Crippen LogP contribution in [0.3, 0.4) is 0 Å². The molecule has 3 nitrogen and oxygen atoms in total. The van der Waals surface area contributed by atoms with E-state index in [1.807, 2.05) is 33.8 Å². The zero-order valence-corrected chi connectivity index (χ0v) is 9.89. The highest BCUT2D eigenvalue weighted by Gasteiger charge is 2.12. The van der Waals surface area contributed by atoms with E-state index in [1.54, 1.807) is 0 Å². The summed E-state index contributed by atoms with van der Waals surface area (Å²) in [6, 6.07) is 1.86. The molecule has 3 heteroatoms. The maximum atomic E-state index is 5.89. The van der Waals surface area contributed by atoms with Crippen LogP contribution >= 0.6 is 0 Å². The Hall–Kier alpha value is -1.38. The molecule has 15 heavy (non-hydrogen) atoms. The Labute approximate surface area is 91.2 Å². The Bertz CT molecular complexity index is 348. The van der Waals surface area contributed by atoms with Crippen molar-refractivity contribution < 1.29 is 9.47 Å². The fourth-order valence-corrected chi connectivity index (χ4v) is 1.55. The van der Waals surface area contributed by atoms with Gasteiger partial charge >= 0.3 is 0 Å². The Balaban J connectivity index is 3.22. The minimum absolute atomic E-state index is 0.634. The minimum Gasteiger partial charge on any atom is -0.493 e. The molecule has 0 spiro atoms. The van der Waals surface area contributed by atoms with Crippen LogP contribution in [0.15, 0.2) is 6.07 Å². The van der Waals surface area contributed by atoms with Crippen LogP contribution in [-0.2, 0) is 0 Å². The van der Waals surface area contributed by atoms with Crippen LogP contribution < -0.4 is 15.2 Å². The standard InChI is InChI=1S/C12H19NO2/c1-5-14-11-7-10(13)8(3)12(9(11)4)15-6-2/h7H,5-6,13H2,1-4H3. The second-order valence-electron chi connectivity index (χ2n) is 3.41. The van der Waals surface area contributed by atoms with Gasteiger partial charge in [-0.15, -0.1) is 0 Å². The summed E-state index contributed by atoms with van der Waals surface area (Å²) < 4.78 is 11.1. The summed E-state index contributed by atoms with van der Waals surface area (Å²) in [6.45, 7) is 9.13. The topological polar surface area (TPSA) is 44.5 Å². The molecule has 0 atom stereocenters. The monoisotopic (exact) mass is 209 g/mol. The molecular weight excluding hydrogens is 190 g/mol. The molecular formula is C12H19NO2. The largest absolute Gasteiger partial charge is 0.493 e. The SMILES string of the molecule is CCOc1cc(N)c(C)c(OCC)c1C. The first kappa shape index (κ1) is 11.7. The Morgan fingerprint density at radius 3 is 2.20 bits per heavy atom. The molecule has 2 N–H and O–H groups in total. The summed E-state index contributed by atoms with van der Waals surface area (Å²) in [7, 11) is 0. The zero-order chi connectivity index (χ0) is 11.4. The number of anilines is 1. The van der Waals surface area contributed by atoms with Gasteiger partial charge in [-0.1, -0.05) is 0 Å². The van der Waals surface area contributed by atoms with E-state index >= 15 is 0 Å². The van der Waals surface area contributed by atoms with Crippen LogP contribution in [0.4, 0.5) is 5.69 Å². The number of hydrogen-bond acceptors (Lipinski definition) is 3. The summed E-state index contributed by atoms with van der Waals surface area (Å²) >= 11 is 0. The van der Waals surface area contributed by atoms with Crippen molar-refractivity contribution in [1.82, 2.24) is 0 Å². The third kappa shape index (κ3) is 2.35. The minimum atomic E-state index is 0.634. The summed E-state index contributed by atoms with van der Waals surface area (Å²) in [5.41, 5.74) is 8.61. The first-order valence-electron chi connectivity index (χ1n) is 5.27. The van der Waals surface area contributed by atoms with E-state index in [0.717, 1.165) is 22.6 Å². The third-order valence-corrected chi connectivity index (χ3v) is 2.36. The molecule has 84 valence electrons. The predicted molar refractivity (Wildman–Crippen MR) is 62.7 cm³/mol. The first-order valence-corrected chi connectivity index (χ1v) is 5.27. The summed E-state index contributed by atoms with van der Waals surface area (Å²) in [5.74, 6) is 1.66. The molecule has 0 aliphatic heterocycles. The normalized spacial score (nSPS) is 10.1. The van der Waals surface area contributed by atoms with Gasteiger partial charge in [0.1, 0.15) is 11.5 Å². The van der Waals surface area contributed by atoms with Crippen LogP contribution in [0.25, 0.3) is 0 Å². The Kier molecular flexibility index (Phi) is 3.83. The maximum Gasteiger partial charge on any atom is 0.130 e. The third-order valence-electron chi connectivity index (χ3n) is 2.36. The van der Waals surface area contributed by atoms with Gasteiger partial charge in [0.25, 0.3) is 0 Å². The zero-order valence-electron chi connectivity index (χ0n) is 9.89.